The first kappa shape index (κ1) is 38.4. The van der Waals surface area contributed by atoms with Gasteiger partial charge >= 0.3 is 0 Å². The second-order valence-corrected chi connectivity index (χ2v) is 17.3. The molecule has 1 aliphatic carbocycles. The molecule has 0 saturated heterocycles. The maximum atomic E-state index is 2.56. The maximum absolute atomic E-state index is 2.56. The molecule has 12 rings (SSSR count). The van der Waals surface area contributed by atoms with E-state index < -0.39 is 5.41 Å². The fourth-order valence-corrected chi connectivity index (χ4v) is 10.8. The lowest BCUT2D eigenvalue weighted by Gasteiger charge is -2.36. The predicted octanol–water partition coefficient (Wildman–Crippen LogP) is 17.5. The molecule has 0 radical (unpaired) electrons. The van der Waals surface area contributed by atoms with Crippen LogP contribution in [-0.2, 0) is 5.41 Å². The number of hydrogen-bond acceptors (Lipinski definition) is 1. The molecule has 0 saturated carbocycles. The molecule has 0 heterocycles. The molecule has 65 heavy (non-hydrogen) atoms. The summed E-state index contributed by atoms with van der Waals surface area (Å²) in [5, 5.41) is 4.97. The molecule has 0 amide bonds. The fraction of sp³-hybridized carbons (Fsp3) is 0.0312. The molecule has 11 aromatic carbocycles. The Morgan fingerprint density at radius 2 is 0.738 bits per heavy atom. The van der Waals surface area contributed by atoms with Crippen LogP contribution in [0.5, 0.6) is 0 Å². The van der Waals surface area contributed by atoms with Gasteiger partial charge in [0.2, 0.25) is 0 Å². The van der Waals surface area contributed by atoms with Crippen molar-refractivity contribution in [3.05, 3.63) is 271 Å². The van der Waals surface area contributed by atoms with Crippen LogP contribution in [0.1, 0.15) is 23.6 Å². The van der Waals surface area contributed by atoms with Crippen molar-refractivity contribution in [2.75, 3.05) is 4.90 Å². The zero-order chi connectivity index (χ0) is 43.3. The van der Waals surface area contributed by atoms with E-state index in [-0.39, 0.29) is 0 Å². The van der Waals surface area contributed by atoms with Gasteiger partial charge in [0.05, 0.1) is 17.1 Å². The van der Waals surface area contributed by atoms with Gasteiger partial charge in [0.25, 0.3) is 0 Å². The highest BCUT2D eigenvalue weighted by molar-refractivity contribution is 6.22. The van der Waals surface area contributed by atoms with Crippen molar-refractivity contribution in [3.63, 3.8) is 0 Å². The van der Waals surface area contributed by atoms with E-state index in [1.165, 1.54) is 82.7 Å². The van der Waals surface area contributed by atoms with Crippen molar-refractivity contribution in [1.82, 2.24) is 0 Å². The first-order valence-corrected chi connectivity index (χ1v) is 22.6. The van der Waals surface area contributed by atoms with Crippen molar-refractivity contribution in [3.8, 4) is 55.6 Å². The minimum absolute atomic E-state index is 0.429. The number of rotatable bonds is 8. The van der Waals surface area contributed by atoms with Crippen molar-refractivity contribution >= 4 is 38.6 Å². The Bertz CT molecular complexity index is 3540. The molecule has 1 nitrogen and oxygen atoms in total. The summed E-state index contributed by atoms with van der Waals surface area (Å²) in [5.74, 6) is 0. The molecule has 11 aromatic rings. The minimum Gasteiger partial charge on any atom is -0.309 e. The lowest BCUT2D eigenvalue weighted by molar-refractivity contribution is 0.714. The van der Waals surface area contributed by atoms with Crippen LogP contribution < -0.4 is 4.90 Å². The average molecular weight is 828 g/mol. The first-order chi connectivity index (χ1) is 32.2. The SMILES string of the molecule is CC1(c2ccccc2)c2ccccc2-c2cccc(N(c3ccccc3-c3ccccc3)c3ccccc3-c3ccc4c(c3)c(-c3ccccc3)c(-c3ccccc3)c3ccccc34)c21. The Balaban J connectivity index is 1.17. The standard InChI is InChI=1S/C64H45N/c1-64(48-29-12-5-13-30-48)57-37-19-16-34-53(57)55-36-22-40-60(63(55)64)65(58-38-20-17-31-49(58)44-23-6-2-7-24-44)59-39-21-18-32-50(59)47-41-42-52-51-33-14-15-35-54(51)61(45-25-8-3-9-26-45)62(56(52)43-47)46-27-10-4-11-28-46/h2-43H,1H3. The van der Waals surface area contributed by atoms with E-state index in [0.717, 1.165) is 28.2 Å². The summed E-state index contributed by atoms with van der Waals surface area (Å²) >= 11 is 0. The van der Waals surface area contributed by atoms with E-state index in [0.29, 0.717) is 0 Å². The molecule has 1 aliphatic rings. The van der Waals surface area contributed by atoms with E-state index in [1.54, 1.807) is 0 Å². The maximum Gasteiger partial charge on any atom is 0.0540 e. The number of para-hydroxylation sites is 2. The highest BCUT2D eigenvalue weighted by Gasteiger charge is 2.43. The van der Waals surface area contributed by atoms with Crippen molar-refractivity contribution in [2.45, 2.75) is 12.3 Å². The van der Waals surface area contributed by atoms with E-state index >= 15 is 0 Å². The first-order valence-electron chi connectivity index (χ1n) is 22.6. The van der Waals surface area contributed by atoms with Crippen molar-refractivity contribution in [1.29, 1.82) is 0 Å². The van der Waals surface area contributed by atoms with Gasteiger partial charge in [0.15, 0.2) is 0 Å². The molecule has 0 fully saturated rings. The highest BCUT2D eigenvalue weighted by atomic mass is 15.2. The Morgan fingerprint density at radius 3 is 1.38 bits per heavy atom. The van der Waals surface area contributed by atoms with Crippen LogP contribution in [0, 0.1) is 0 Å². The van der Waals surface area contributed by atoms with Gasteiger partial charge in [0, 0.05) is 16.5 Å². The molecule has 306 valence electrons. The Hall–Kier alpha value is -8.26. The Morgan fingerprint density at radius 1 is 0.292 bits per heavy atom. The van der Waals surface area contributed by atoms with Gasteiger partial charge in [-0.25, -0.2) is 0 Å². The second-order valence-electron chi connectivity index (χ2n) is 17.3. The topological polar surface area (TPSA) is 3.24 Å². The third-order valence-corrected chi connectivity index (χ3v) is 13.7. The quantitative estimate of drug-likeness (QED) is 0.138. The fourth-order valence-electron chi connectivity index (χ4n) is 10.8. The summed E-state index contributed by atoms with van der Waals surface area (Å²) in [5.41, 5.74) is 19.0. The van der Waals surface area contributed by atoms with Crippen LogP contribution in [0.4, 0.5) is 17.1 Å². The number of nitrogens with zero attached hydrogens (tertiary/aromatic N) is 1. The van der Waals surface area contributed by atoms with Crippen LogP contribution in [0.3, 0.4) is 0 Å². The number of anilines is 3. The molecule has 0 aromatic heterocycles. The van der Waals surface area contributed by atoms with Gasteiger partial charge < -0.3 is 4.90 Å². The van der Waals surface area contributed by atoms with E-state index in [4.69, 9.17) is 0 Å². The van der Waals surface area contributed by atoms with Crippen LogP contribution in [0.25, 0.3) is 77.2 Å². The molecule has 0 bridgehead atoms. The summed E-state index contributed by atoms with van der Waals surface area (Å²) in [6.07, 6.45) is 0. The smallest absolute Gasteiger partial charge is 0.0540 e. The third kappa shape index (κ3) is 6.23. The zero-order valence-electron chi connectivity index (χ0n) is 36.2. The van der Waals surface area contributed by atoms with Crippen molar-refractivity contribution < 1.29 is 0 Å². The average Bonchev–Trinajstić information content (AvgIpc) is 3.66. The van der Waals surface area contributed by atoms with E-state index in [1.807, 2.05) is 0 Å². The largest absolute Gasteiger partial charge is 0.309 e. The highest BCUT2D eigenvalue weighted by Crippen LogP contribution is 2.58. The zero-order valence-corrected chi connectivity index (χ0v) is 36.2. The lowest BCUT2D eigenvalue weighted by Crippen LogP contribution is -2.25. The predicted molar refractivity (Wildman–Crippen MR) is 275 cm³/mol. The molecule has 0 aliphatic heterocycles. The summed E-state index contributed by atoms with van der Waals surface area (Å²) in [6.45, 7) is 2.42. The van der Waals surface area contributed by atoms with Crippen LogP contribution >= 0.6 is 0 Å². The van der Waals surface area contributed by atoms with Gasteiger partial charge in [-0.05, 0) is 114 Å². The van der Waals surface area contributed by atoms with Gasteiger partial charge in [0.1, 0.15) is 0 Å². The van der Waals surface area contributed by atoms with Crippen LogP contribution in [0.15, 0.2) is 255 Å². The Labute approximate surface area is 381 Å². The molecular weight excluding hydrogens is 783 g/mol. The summed E-state index contributed by atoms with van der Waals surface area (Å²) in [6, 6.07) is 93.7. The van der Waals surface area contributed by atoms with Crippen molar-refractivity contribution in [2.24, 2.45) is 0 Å². The van der Waals surface area contributed by atoms with Gasteiger partial charge in [-0.15, -0.1) is 0 Å². The van der Waals surface area contributed by atoms with Crippen LogP contribution in [-0.4, -0.2) is 0 Å². The van der Waals surface area contributed by atoms with E-state index in [9.17, 15) is 0 Å². The number of benzene rings is 11. The lowest BCUT2D eigenvalue weighted by atomic mass is 9.73. The summed E-state index contributed by atoms with van der Waals surface area (Å²) in [4.78, 5) is 2.56. The monoisotopic (exact) mass is 827 g/mol. The Kier molecular flexibility index (Phi) is 9.35. The molecule has 0 N–H and O–H groups in total. The molecule has 1 unspecified atom stereocenters. The second kappa shape index (κ2) is 15.8. The molecule has 1 atom stereocenters. The summed E-state index contributed by atoms with van der Waals surface area (Å²) in [7, 11) is 0. The van der Waals surface area contributed by atoms with Crippen LogP contribution in [0.2, 0.25) is 0 Å². The third-order valence-electron chi connectivity index (χ3n) is 13.7. The van der Waals surface area contributed by atoms with Gasteiger partial charge in [-0.2, -0.15) is 0 Å². The van der Waals surface area contributed by atoms with Gasteiger partial charge in [-0.1, -0.05) is 231 Å². The normalized spacial score (nSPS) is 14.0. The molecule has 0 spiro atoms. The summed E-state index contributed by atoms with van der Waals surface area (Å²) < 4.78 is 0. The number of hydrogen-bond donors (Lipinski definition) is 0. The van der Waals surface area contributed by atoms with Gasteiger partial charge in [-0.3, -0.25) is 0 Å². The number of fused-ring (bicyclic) bond motifs is 6. The molecule has 1 heteroatoms. The molecular formula is C64H45N. The van der Waals surface area contributed by atoms with E-state index in [2.05, 4.69) is 267 Å². The minimum atomic E-state index is -0.429.